The molecule has 1 amide bonds. The van der Waals surface area contributed by atoms with Crippen molar-refractivity contribution in [3.8, 4) is 0 Å². The van der Waals surface area contributed by atoms with Crippen molar-refractivity contribution in [2.24, 2.45) is 4.99 Å². The first-order valence-corrected chi connectivity index (χ1v) is 10.6. The van der Waals surface area contributed by atoms with Gasteiger partial charge in [-0.2, -0.15) is 0 Å². The third-order valence-corrected chi connectivity index (χ3v) is 6.34. The summed E-state index contributed by atoms with van der Waals surface area (Å²) in [6.07, 6.45) is 6.53. The van der Waals surface area contributed by atoms with Crippen LogP contribution in [0.1, 0.15) is 41.8 Å². The van der Waals surface area contributed by atoms with E-state index in [9.17, 15) is 4.79 Å². The molecule has 162 valence electrons. The third kappa shape index (κ3) is 4.82. The zero-order valence-corrected chi connectivity index (χ0v) is 19.9. The van der Waals surface area contributed by atoms with Gasteiger partial charge < -0.3 is 19.5 Å². The van der Waals surface area contributed by atoms with Crippen molar-refractivity contribution >= 4 is 35.8 Å². The molecule has 2 heterocycles. The van der Waals surface area contributed by atoms with E-state index in [0.29, 0.717) is 18.8 Å². The fourth-order valence-electron chi connectivity index (χ4n) is 4.67. The Morgan fingerprint density at radius 3 is 2.30 bits per heavy atom. The minimum absolute atomic E-state index is 0. The fraction of sp³-hybridized carbons (Fsp3) is 0.478. The maximum Gasteiger partial charge on any atom is 0.289 e. The molecule has 6 nitrogen and oxygen atoms in total. The number of nitrogens with one attached hydrogen (secondary N) is 1. The number of halogens is 1. The van der Waals surface area contributed by atoms with Gasteiger partial charge in [-0.25, -0.2) is 0 Å². The molecule has 1 aliphatic carbocycles. The summed E-state index contributed by atoms with van der Waals surface area (Å²) in [5.41, 5.74) is 1.61. The smallest absolute Gasteiger partial charge is 0.289 e. The summed E-state index contributed by atoms with van der Waals surface area (Å²) >= 11 is 0. The van der Waals surface area contributed by atoms with E-state index in [1.165, 1.54) is 31.2 Å². The van der Waals surface area contributed by atoms with Crippen LogP contribution in [-0.4, -0.2) is 61.4 Å². The Bertz CT molecular complexity index is 824. The lowest BCUT2D eigenvalue weighted by Gasteiger charge is -2.38. The summed E-state index contributed by atoms with van der Waals surface area (Å²) in [6.45, 7) is 3.78. The zero-order valence-electron chi connectivity index (χ0n) is 17.5. The van der Waals surface area contributed by atoms with Gasteiger partial charge in [-0.3, -0.25) is 9.79 Å². The van der Waals surface area contributed by atoms with Crippen LogP contribution in [0.25, 0.3) is 0 Å². The number of benzene rings is 1. The fourth-order valence-corrected chi connectivity index (χ4v) is 4.67. The lowest BCUT2D eigenvalue weighted by molar-refractivity contribution is 0.0657. The van der Waals surface area contributed by atoms with Crippen molar-refractivity contribution in [1.82, 2.24) is 15.1 Å². The van der Waals surface area contributed by atoms with Gasteiger partial charge in [0.2, 0.25) is 0 Å². The summed E-state index contributed by atoms with van der Waals surface area (Å²) in [6, 6.07) is 14.4. The summed E-state index contributed by atoms with van der Waals surface area (Å²) < 4.78 is 5.25. The van der Waals surface area contributed by atoms with Crippen LogP contribution in [-0.2, 0) is 5.41 Å². The molecule has 2 aliphatic rings. The minimum Gasteiger partial charge on any atom is -0.459 e. The molecule has 4 rings (SSSR count). The normalized spacial score (nSPS) is 18.8. The van der Waals surface area contributed by atoms with E-state index in [1.807, 2.05) is 11.9 Å². The number of guanidine groups is 1. The Labute approximate surface area is 195 Å². The first-order chi connectivity index (χ1) is 14.2. The number of hydrogen-bond acceptors (Lipinski definition) is 3. The van der Waals surface area contributed by atoms with Crippen molar-refractivity contribution < 1.29 is 9.21 Å². The molecule has 0 radical (unpaired) electrons. The number of carbonyl (C=O) groups is 1. The standard InChI is InChI=1S/C23H30N4O2.HI/c1-24-22(25-18-23(11-5-6-12-23)19-8-3-2-4-9-19)27-15-13-26(14-16-27)21(28)20-10-7-17-29-20;/h2-4,7-10,17H,5-6,11-16,18H2,1H3,(H,24,25);1H. The average molecular weight is 522 g/mol. The molecule has 1 aromatic carbocycles. The van der Waals surface area contributed by atoms with Crippen LogP contribution in [0.5, 0.6) is 0 Å². The molecule has 30 heavy (non-hydrogen) atoms. The van der Waals surface area contributed by atoms with Crippen LogP contribution < -0.4 is 5.32 Å². The second-order valence-corrected chi connectivity index (χ2v) is 8.01. The molecule has 0 spiro atoms. The van der Waals surface area contributed by atoms with Crippen LogP contribution >= 0.6 is 24.0 Å². The second-order valence-electron chi connectivity index (χ2n) is 8.01. The second kappa shape index (κ2) is 10.3. The number of rotatable bonds is 4. The van der Waals surface area contributed by atoms with Gasteiger partial charge in [0, 0.05) is 45.2 Å². The molecule has 1 saturated carbocycles. The number of hydrogen-bond donors (Lipinski definition) is 1. The minimum atomic E-state index is -0.0356. The molecule has 0 unspecified atom stereocenters. The monoisotopic (exact) mass is 522 g/mol. The van der Waals surface area contributed by atoms with Crippen molar-refractivity contribution in [2.75, 3.05) is 39.8 Å². The molecular weight excluding hydrogens is 491 g/mol. The van der Waals surface area contributed by atoms with E-state index >= 15 is 0 Å². The molecule has 1 N–H and O–H groups in total. The largest absolute Gasteiger partial charge is 0.459 e. The molecule has 7 heteroatoms. The van der Waals surface area contributed by atoms with Crippen molar-refractivity contribution in [2.45, 2.75) is 31.1 Å². The van der Waals surface area contributed by atoms with Gasteiger partial charge in [0.25, 0.3) is 5.91 Å². The van der Waals surface area contributed by atoms with Crippen molar-refractivity contribution in [3.05, 3.63) is 60.1 Å². The van der Waals surface area contributed by atoms with Crippen LogP contribution in [0.3, 0.4) is 0 Å². The van der Waals surface area contributed by atoms with E-state index in [1.54, 1.807) is 18.4 Å². The maximum atomic E-state index is 12.5. The van der Waals surface area contributed by atoms with E-state index in [0.717, 1.165) is 25.6 Å². The number of carbonyl (C=O) groups excluding carboxylic acids is 1. The quantitative estimate of drug-likeness (QED) is 0.378. The lowest BCUT2D eigenvalue weighted by Crippen LogP contribution is -2.55. The first kappa shape index (κ1) is 22.7. The molecule has 2 fully saturated rings. The van der Waals surface area contributed by atoms with Crippen LogP contribution in [0.15, 0.2) is 58.1 Å². The molecule has 0 bridgehead atoms. The van der Waals surface area contributed by atoms with Gasteiger partial charge in [-0.15, -0.1) is 24.0 Å². The highest BCUT2D eigenvalue weighted by atomic mass is 127. The summed E-state index contributed by atoms with van der Waals surface area (Å²) in [7, 11) is 1.84. The van der Waals surface area contributed by atoms with Gasteiger partial charge in [0.1, 0.15) is 0 Å². The first-order valence-electron chi connectivity index (χ1n) is 10.6. The van der Waals surface area contributed by atoms with Gasteiger partial charge >= 0.3 is 0 Å². The summed E-state index contributed by atoms with van der Waals surface area (Å²) in [5, 5.41) is 3.65. The van der Waals surface area contributed by atoms with Crippen molar-refractivity contribution in [3.63, 3.8) is 0 Å². The third-order valence-electron chi connectivity index (χ3n) is 6.34. The lowest BCUT2D eigenvalue weighted by atomic mass is 9.79. The molecule has 0 atom stereocenters. The number of amides is 1. The Morgan fingerprint density at radius 2 is 1.70 bits per heavy atom. The number of aliphatic imine (C=N–C) groups is 1. The van der Waals surface area contributed by atoms with Crippen molar-refractivity contribution in [1.29, 1.82) is 0 Å². The van der Waals surface area contributed by atoms with E-state index < -0.39 is 0 Å². The molecular formula is C23H31IN4O2. The van der Waals surface area contributed by atoms with E-state index in [-0.39, 0.29) is 35.3 Å². The maximum absolute atomic E-state index is 12.5. The van der Waals surface area contributed by atoms with Gasteiger partial charge in [0.15, 0.2) is 11.7 Å². The molecule has 2 aromatic rings. The average Bonchev–Trinajstić information content (AvgIpc) is 3.48. The Morgan fingerprint density at radius 1 is 1.03 bits per heavy atom. The Kier molecular flexibility index (Phi) is 7.80. The van der Waals surface area contributed by atoms with Crippen LogP contribution in [0, 0.1) is 0 Å². The summed E-state index contributed by atoms with van der Waals surface area (Å²) in [4.78, 5) is 21.1. The summed E-state index contributed by atoms with van der Waals surface area (Å²) in [5.74, 6) is 1.30. The van der Waals surface area contributed by atoms with E-state index in [2.05, 4.69) is 45.5 Å². The number of furan rings is 1. The van der Waals surface area contributed by atoms with Gasteiger partial charge in [0.05, 0.1) is 6.26 Å². The van der Waals surface area contributed by atoms with Gasteiger partial charge in [-0.05, 0) is 30.5 Å². The highest BCUT2D eigenvalue weighted by Crippen LogP contribution is 2.40. The highest BCUT2D eigenvalue weighted by molar-refractivity contribution is 14.0. The number of piperazine rings is 1. The predicted octanol–water partition coefficient (Wildman–Crippen LogP) is 3.74. The predicted molar refractivity (Wildman–Crippen MR) is 130 cm³/mol. The van der Waals surface area contributed by atoms with Gasteiger partial charge in [-0.1, -0.05) is 43.2 Å². The molecule has 1 aliphatic heterocycles. The Hall–Kier alpha value is -2.03. The molecule has 1 aromatic heterocycles. The topological polar surface area (TPSA) is 61.1 Å². The van der Waals surface area contributed by atoms with E-state index in [4.69, 9.17) is 4.42 Å². The Balaban J connectivity index is 0.00000256. The number of nitrogens with zero attached hydrogens (tertiary/aromatic N) is 3. The zero-order chi connectivity index (χ0) is 20.1. The van der Waals surface area contributed by atoms with Crippen LogP contribution in [0.2, 0.25) is 0 Å². The highest BCUT2D eigenvalue weighted by Gasteiger charge is 2.36. The molecule has 1 saturated heterocycles. The SMILES string of the molecule is CN=C(NCC1(c2ccccc2)CCCC1)N1CCN(C(=O)c2ccco2)CC1.I. The van der Waals surface area contributed by atoms with Crippen LogP contribution in [0.4, 0.5) is 0 Å².